The fraction of sp³-hybridized carbons (Fsp3) is 0.524. The minimum Gasteiger partial charge on any atom is -0.444 e. The molecule has 0 radical (unpaired) electrons. The minimum atomic E-state index is -0.931. The molecule has 182 valence electrons. The predicted octanol–water partition coefficient (Wildman–Crippen LogP) is 3.46. The molecule has 1 aromatic rings. The summed E-state index contributed by atoms with van der Waals surface area (Å²) >= 11 is 5.12. The van der Waals surface area contributed by atoms with E-state index in [1.54, 1.807) is 41.5 Å². The molecule has 1 atom stereocenters. The first-order valence-electron chi connectivity index (χ1n) is 10.1. The number of hydrogen-bond donors (Lipinski definition) is 2. The number of ether oxygens (including phenoxy) is 3. The number of thiocarbonyl (C=S) groups is 1. The summed E-state index contributed by atoms with van der Waals surface area (Å²) in [6, 6.07) is 3.82. The van der Waals surface area contributed by atoms with Crippen LogP contribution in [0.5, 0.6) is 0 Å². The number of cyclic esters (lactones) is 1. The summed E-state index contributed by atoms with van der Waals surface area (Å²) in [5, 5.41) is 3.07. The molecule has 1 aromatic carbocycles. The van der Waals surface area contributed by atoms with Gasteiger partial charge in [0.25, 0.3) is 0 Å². The first-order valence-corrected chi connectivity index (χ1v) is 10.5. The van der Waals surface area contributed by atoms with E-state index >= 15 is 0 Å². The Balaban J connectivity index is 2.04. The molecule has 12 heteroatoms. The van der Waals surface area contributed by atoms with Crippen molar-refractivity contribution in [3.63, 3.8) is 0 Å². The van der Waals surface area contributed by atoms with Crippen molar-refractivity contribution in [2.45, 2.75) is 58.8 Å². The van der Waals surface area contributed by atoms with Gasteiger partial charge in [0, 0.05) is 5.56 Å². The third kappa shape index (κ3) is 7.53. The number of benzene rings is 1. The van der Waals surface area contributed by atoms with Crippen molar-refractivity contribution in [2.24, 2.45) is 5.84 Å². The molecule has 1 aliphatic heterocycles. The zero-order chi connectivity index (χ0) is 25.1. The average Bonchev–Trinajstić information content (AvgIpc) is 3.03. The Morgan fingerprint density at radius 2 is 1.85 bits per heavy atom. The van der Waals surface area contributed by atoms with Crippen LogP contribution in [0.3, 0.4) is 0 Å². The van der Waals surface area contributed by atoms with Crippen molar-refractivity contribution in [1.82, 2.24) is 10.3 Å². The second-order valence-corrected chi connectivity index (χ2v) is 9.71. The van der Waals surface area contributed by atoms with Crippen LogP contribution >= 0.6 is 12.2 Å². The summed E-state index contributed by atoms with van der Waals surface area (Å²) in [6.07, 6.45) is -2.92. The van der Waals surface area contributed by atoms with Gasteiger partial charge in [-0.25, -0.2) is 29.6 Å². The summed E-state index contributed by atoms with van der Waals surface area (Å²) in [7, 11) is 0. The first kappa shape index (κ1) is 26.3. The van der Waals surface area contributed by atoms with Gasteiger partial charge in [-0.3, -0.25) is 4.90 Å². The van der Waals surface area contributed by atoms with Gasteiger partial charge < -0.3 is 19.5 Å². The minimum absolute atomic E-state index is 0.0276. The maximum atomic E-state index is 14.8. The molecule has 3 N–H and O–H groups in total. The number of nitrogens with zero attached hydrogens (tertiary/aromatic N) is 2. The summed E-state index contributed by atoms with van der Waals surface area (Å²) in [6.45, 7) is 10.3. The van der Waals surface area contributed by atoms with Crippen LogP contribution in [0.15, 0.2) is 18.2 Å². The smallest absolute Gasteiger partial charge is 0.430 e. The quantitative estimate of drug-likeness (QED) is 0.219. The van der Waals surface area contributed by atoms with E-state index in [0.717, 1.165) is 6.07 Å². The van der Waals surface area contributed by atoms with E-state index in [1.165, 1.54) is 17.0 Å². The van der Waals surface area contributed by atoms with Crippen molar-refractivity contribution in [3.05, 3.63) is 29.6 Å². The predicted molar refractivity (Wildman–Crippen MR) is 122 cm³/mol. The van der Waals surface area contributed by atoms with Gasteiger partial charge in [-0.15, -0.1) is 0 Å². The molecule has 1 heterocycles. The number of carbonyl (C=O) groups excluding carboxylic acids is 3. The fourth-order valence-electron chi connectivity index (χ4n) is 2.72. The van der Waals surface area contributed by atoms with Crippen LogP contribution < -0.4 is 16.1 Å². The van der Waals surface area contributed by atoms with Gasteiger partial charge in [-0.1, -0.05) is 12.2 Å². The number of nitrogens with one attached hydrogen (secondary N) is 1. The Bertz CT molecular complexity index is 944. The number of hydrazine groups is 1. The molecule has 1 aliphatic rings. The van der Waals surface area contributed by atoms with Crippen LogP contribution in [0.4, 0.5) is 24.5 Å². The molecule has 3 amide bonds. The Hall–Kier alpha value is -2.99. The Kier molecular flexibility index (Phi) is 7.86. The van der Waals surface area contributed by atoms with Crippen LogP contribution in [0.1, 0.15) is 47.1 Å². The van der Waals surface area contributed by atoms with Crippen molar-refractivity contribution in [1.29, 1.82) is 0 Å². The summed E-state index contributed by atoms with van der Waals surface area (Å²) in [4.78, 5) is 37.0. The van der Waals surface area contributed by atoms with Crippen LogP contribution in [0.25, 0.3) is 0 Å². The molecule has 0 bridgehead atoms. The van der Waals surface area contributed by atoms with Crippen molar-refractivity contribution < 1.29 is 33.0 Å². The number of alkyl carbamates (subject to hydrolysis) is 1. The van der Waals surface area contributed by atoms with Gasteiger partial charge in [0.2, 0.25) is 0 Å². The van der Waals surface area contributed by atoms with Gasteiger partial charge in [0.15, 0.2) is 0 Å². The maximum absolute atomic E-state index is 14.8. The molecular formula is C21H29FN4O6S. The second-order valence-electron chi connectivity index (χ2n) is 9.32. The highest BCUT2D eigenvalue weighted by Crippen LogP contribution is 2.25. The van der Waals surface area contributed by atoms with Gasteiger partial charge in [0.1, 0.15) is 28.1 Å². The van der Waals surface area contributed by atoms with Crippen LogP contribution in [-0.4, -0.2) is 58.7 Å². The molecule has 0 aromatic heterocycles. The highest BCUT2D eigenvalue weighted by atomic mass is 32.1. The van der Waals surface area contributed by atoms with E-state index in [2.05, 4.69) is 5.32 Å². The van der Waals surface area contributed by atoms with E-state index in [1.807, 2.05) is 0 Å². The molecule has 2 rings (SSSR count). The molecular weight excluding hydrogens is 455 g/mol. The fourth-order valence-corrected chi connectivity index (χ4v) is 2.96. The van der Waals surface area contributed by atoms with Crippen molar-refractivity contribution >= 4 is 41.2 Å². The highest BCUT2D eigenvalue weighted by Gasteiger charge is 2.34. The van der Waals surface area contributed by atoms with Gasteiger partial charge >= 0.3 is 18.3 Å². The summed E-state index contributed by atoms with van der Waals surface area (Å²) in [5.41, 5.74) is -1.37. The zero-order valence-corrected chi connectivity index (χ0v) is 20.2. The first-order chi connectivity index (χ1) is 15.1. The third-order valence-electron chi connectivity index (χ3n) is 4.05. The zero-order valence-electron chi connectivity index (χ0n) is 19.4. The molecule has 0 aliphatic carbocycles. The number of halogens is 1. The lowest BCUT2D eigenvalue weighted by atomic mass is 10.1. The van der Waals surface area contributed by atoms with Crippen molar-refractivity contribution in [2.75, 3.05) is 18.0 Å². The lowest BCUT2D eigenvalue weighted by Crippen LogP contribution is -2.45. The van der Waals surface area contributed by atoms with E-state index in [0.29, 0.717) is 5.01 Å². The molecule has 1 fully saturated rings. The van der Waals surface area contributed by atoms with Gasteiger partial charge in [-0.2, -0.15) is 0 Å². The lowest BCUT2D eigenvalue weighted by Gasteiger charge is -2.24. The van der Waals surface area contributed by atoms with E-state index < -0.39 is 41.4 Å². The average molecular weight is 485 g/mol. The topological polar surface area (TPSA) is 123 Å². The summed E-state index contributed by atoms with van der Waals surface area (Å²) in [5.74, 6) is 4.89. The molecule has 0 spiro atoms. The number of carbonyl (C=O) groups is 3. The van der Waals surface area contributed by atoms with E-state index in [-0.39, 0.29) is 29.3 Å². The lowest BCUT2D eigenvalue weighted by molar-refractivity contribution is 0.0372. The standard InChI is InChI=1S/C21H29FN4O6S/c1-20(2,3)31-17(27)24-10-13-11-25(18(28)30-13)12-7-8-14(15(22)9-12)16(33)26(23)19(29)32-21(4,5)6/h7-9,13H,10-11,23H2,1-6H3,(H,24,27)/t13-/m0/s1. The number of rotatable bonds is 4. The van der Waals surface area contributed by atoms with Crippen LogP contribution in [0.2, 0.25) is 0 Å². The maximum Gasteiger partial charge on any atom is 0.430 e. The van der Waals surface area contributed by atoms with E-state index in [4.69, 9.17) is 32.3 Å². The largest absolute Gasteiger partial charge is 0.444 e. The van der Waals surface area contributed by atoms with E-state index in [9.17, 15) is 18.8 Å². The Morgan fingerprint density at radius 3 is 2.39 bits per heavy atom. The third-order valence-corrected chi connectivity index (χ3v) is 4.47. The number of amides is 3. The van der Waals surface area contributed by atoms with Crippen molar-refractivity contribution in [3.8, 4) is 0 Å². The molecule has 0 unspecified atom stereocenters. The Morgan fingerprint density at radius 1 is 1.24 bits per heavy atom. The monoisotopic (exact) mass is 484 g/mol. The molecule has 0 saturated carbocycles. The molecule has 10 nitrogen and oxygen atoms in total. The van der Waals surface area contributed by atoms with Gasteiger partial charge in [-0.05, 0) is 59.7 Å². The SMILES string of the molecule is CC(C)(C)OC(=O)NC[C@H]1CN(c2ccc(C(=S)N(N)C(=O)OC(C)(C)C)c(F)c2)C(=O)O1. The molecule has 1 saturated heterocycles. The summed E-state index contributed by atoms with van der Waals surface area (Å²) < 4.78 is 30.3. The number of nitrogens with two attached hydrogens (primary N) is 1. The van der Waals surface area contributed by atoms with Crippen LogP contribution in [0, 0.1) is 5.82 Å². The second kappa shape index (κ2) is 9.87. The van der Waals surface area contributed by atoms with Crippen LogP contribution in [-0.2, 0) is 14.2 Å². The number of anilines is 1. The highest BCUT2D eigenvalue weighted by molar-refractivity contribution is 7.80. The normalized spacial score (nSPS) is 16.2. The Labute approximate surface area is 197 Å². The van der Waals surface area contributed by atoms with Gasteiger partial charge in [0.05, 0.1) is 18.8 Å². The number of hydrogen-bond acceptors (Lipinski definition) is 8. The molecule has 33 heavy (non-hydrogen) atoms.